The maximum atomic E-state index is 11.7. The SMILES string of the molecule is CCOCCOC(=O)C(CC)c1nonc1N. The molecule has 0 amide bonds. The fourth-order valence-corrected chi connectivity index (χ4v) is 1.36. The van der Waals surface area contributed by atoms with Gasteiger partial charge in [0, 0.05) is 6.61 Å². The lowest BCUT2D eigenvalue weighted by Crippen LogP contribution is -2.19. The van der Waals surface area contributed by atoms with Crippen LogP contribution in [0.1, 0.15) is 31.9 Å². The Morgan fingerprint density at radius 3 is 2.71 bits per heavy atom. The van der Waals surface area contributed by atoms with Gasteiger partial charge in [-0.1, -0.05) is 12.1 Å². The van der Waals surface area contributed by atoms with E-state index in [0.29, 0.717) is 25.3 Å². The summed E-state index contributed by atoms with van der Waals surface area (Å²) < 4.78 is 14.6. The Morgan fingerprint density at radius 1 is 1.41 bits per heavy atom. The number of ether oxygens (including phenoxy) is 2. The van der Waals surface area contributed by atoms with Crippen LogP contribution < -0.4 is 5.73 Å². The standard InChI is InChI=1S/C10H17N3O4/c1-3-7(8-9(11)13-17-12-8)10(14)16-6-5-15-4-2/h7H,3-6H2,1-2H3,(H2,11,13). The normalized spacial score (nSPS) is 12.4. The van der Waals surface area contributed by atoms with Crippen molar-refractivity contribution in [3.8, 4) is 0 Å². The molecule has 0 radical (unpaired) electrons. The predicted octanol–water partition coefficient (Wildman–Crippen LogP) is 0.725. The number of rotatable bonds is 7. The van der Waals surface area contributed by atoms with E-state index in [4.69, 9.17) is 15.2 Å². The molecule has 17 heavy (non-hydrogen) atoms. The van der Waals surface area contributed by atoms with Crippen LogP contribution in [0, 0.1) is 0 Å². The van der Waals surface area contributed by atoms with Crippen LogP contribution in [0.5, 0.6) is 0 Å². The molecule has 0 aliphatic rings. The van der Waals surface area contributed by atoms with Crippen LogP contribution in [0.25, 0.3) is 0 Å². The Balaban J connectivity index is 2.50. The lowest BCUT2D eigenvalue weighted by atomic mass is 10.0. The summed E-state index contributed by atoms with van der Waals surface area (Å²) in [5.41, 5.74) is 5.86. The van der Waals surface area contributed by atoms with Crippen molar-refractivity contribution in [2.24, 2.45) is 0 Å². The van der Waals surface area contributed by atoms with Crippen LogP contribution >= 0.6 is 0 Å². The van der Waals surface area contributed by atoms with Gasteiger partial charge in [-0.3, -0.25) is 4.79 Å². The Labute approximate surface area is 99.2 Å². The van der Waals surface area contributed by atoms with Gasteiger partial charge in [0.2, 0.25) is 0 Å². The fourth-order valence-electron chi connectivity index (χ4n) is 1.36. The van der Waals surface area contributed by atoms with Crippen LogP contribution in [0.3, 0.4) is 0 Å². The van der Waals surface area contributed by atoms with Gasteiger partial charge in [-0.2, -0.15) is 0 Å². The van der Waals surface area contributed by atoms with Gasteiger partial charge >= 0.3 is 5.97 Å². The summed E-state index contributed by atoms with van der Waals surface area (Å²) in [5.74, 6) is -0.809. The Bertz CT molecular complexity index is 353. The number of nitrogen functional groups attached to an aromatic ring is 1. The number of carbonyl (C=O) groups excluding carboxylic acids is 1. The van der Waals surface area contributed by atoms with Crippen LogP contribution in [0.4, 0.5) is 5.82 Å². The number of carbonyl (C=O) groups is 1. The zero-order valence-electron chi connectivity index (χ0n) is 10.0. The highest BCUT2D eigenvalue weighted by atomic mass is 16.6. The van der Waals surface area contributed by atoms with E-state index in [9.17, 15) is 4.79 Å². The molecular weight excluding hydrogens is 226 g/mol. The first-order valence-electron chi connectivity index (χ1n) is 5.53. The number of nitrogens with zero attached hydrogens (tertiary/aromatic N) is 2. The molecule has 0 saturated carbocycles. The van der Waals surface area contributed by atoms with E-state index < -0.39 is 11.9 Å². The molecule has 2 N–H and O–H groups in total. The van der Waals surface area contributed by atoms with Crippen molar-refractivity contribution < 1.29 is 18.9 Å². The van der Waals surface area contributed by atoms with Gasteiger partial charge in [0.1, 0.15) is 18.2 Å². The topological polar surface area (TPSA) is 100 Å². The zero-order chi connectivity index (χ0) is 12.7. The summed E-state index contributed by atoms with van der Waals surface area (Å²) in [6, 6.07) is 0. The van der Waals surface area contributed by atoms with Crippen LogP contribution in [-0.4, -0.2) is 36.1 Å². The van der Waals surface area contributed by atoms with Gasteiger partial charge in [0.15, 0.2) is 5.82 Å². The molecule has 0 aromatic carbocycles. The summed E-state index contributed by atoms with van der Waals surface area (Å²) in [4.78, 5) is 11.7. The smallest absolute Gasteiger partial charge is 0.315 e. The highest BCUT2D eigenvalue weighted by Crippen LogP contribution is 2.23. The molecule has 1 heterocycles. The van der Waals surface area contributed by atoms with E-state index in [1.807, 2.05) is 13.8 Å². The third kappa shape index (κ3) is 3.70. The monoisotopic (exact) mass is 243 g/mol. The molecule has 0 saturated heterocycles. The molecule has 7 heteroatoms. The third-order valence-corrected chi connectivity index (χ3v) is 2.24. The van der Waals surface area contributed by atoms with E-state index in [-0.39, 0.29) is 12.4 Å². The number of aromatic nitrogens is 2. The first-order valence-corrected chi connectivity index (χ1v) is 5.53. The molecule has 1 unspecified atom stereocenters. The molecule has 1 aromatic heterocycles. The minimum Gasteiger partial charge on any atom is -0.463 e. The second-order valence-electron chi connectivity index (χ2n) is 3.36. The van der Waals surface area contributed by atoms with Gasteiger partial charge < -0.3 is 15.2 Å². The molecule has 0 fully saturated rings. The minimum absolute atomic E-state index is 0.124. The van der Waals surface area contributed by atoms with Gasteiger partial charge in [0.25, 0.3) is 0 Å². The highest BCUT2D eigenvalue weighted by molar-refractivity contribution is 5.78. The maximum absolute atomic E-state index is 11.7. The van der Waals surface area contributed by atoms with Crippen LogP contribution in [0.15, 0.2) is 4.63 Å². The molecule has 1 rings (SSSR count). The van der Waals surface area contributed by atoms with E-state index >= 15 is 0 Å². The Hall–Kier alpha value is -1.63. The van der Waals surface area contributed by atoms with E-state index in [2.05, 4.69) is 14.9 Å². The lowest BCUT2D eigenvalue weighted by Gasteiger charge is -2.11. The van der Waals surface area contributed by atoms with Crippen molar-refractivity contribution in [3.63, 3.8) is 0 Å². The van der Waals surface area contributed by atoms with E-state index in [1.165, 1.54) is 0 Å². The van der Waals surface area contributed by atoms with E-state index in [1.54, 1.807) is 0 Å². The first kappa shape index (κ1) is 13.4. The van der Waals surface area contributed by atoms with Crippen molar-refractivity contribution in [1.29, 1.82) is 0 Å². The van der Waals surface area contributed by atoms with Crippen molar-refractivity contribution >= 4 is 11.8 Å². The van der Waals surface area contributed by atoms with Crippen molar-refractivity contribution in [1.82, 2.24) is 10.3 Å². The van der Waals surface area contributed by atoms with Crippen molar-refractivity contribution in [2.75, 3.05) is 25.6 Å². The summed E-state index contributed by atoms with van der Waals surface area (Å²) >= 11 is 0. The minimum atomic E-state index is -0.539. The number of esters is 1. The third-order valence-electron chi connectivity index (χ3n) is 2.24. The van der Waals surface area contributed by atoms with Gasteiger partial charge in [-0.25, -0.2) is 4.63 Å². The van der Waals surface area contributed by atoms with Crippen molar-refractivity contribution in [3.05, 3.63) is 5.69 Å². The number of nitrogens with two attached hydrogens (primary N) is 1. The van der Waals surface area contributed by atoms with Gasteiger partial charge in [-0.05, 0) is 18.5 Å². The Kier molecular flexibility index (Phi) is 5.41. The predicted molar refractivity (Wildman–Crippen MR) is 59.2 cm³/mol. The molecular formula is C10H17N3O4. The fraction of sp³-hybridized carbons (Fsp3) is 0.700. The largest absolute Gasteiger partial charge is 0.463 e. The molecule has 1 atom stereocenters. The van der Waals surface area contributed by atoms with E-state index in [0.717, 1.165) is 0 Å². The molecule has 0 aliphatic carbocycles. The number of hydrogen-bond acceptors (Lipinski definition) is 7. The second-order valence-corrected chi connectivity index (χ2v) is 3.36. The first-order chi connectivity index (χ1) is 8.20. The molecule has 7 nitrogen and oxygen atoms in total. The average molecular weight is 243 g/mol. The molecule has 0 bridgehead atoms. The van der Waals surface area contributed by atoms with Crippen LogP contribution in [0.2, 0.25) is 0 Å². The summed E-state index contributed by atoms with van der Waals surface area (Å²) in [7, 11) is 0. The summed E-state index contributed by atoms with van der Waals surface area (Å²) in [6.07, 6.45) is 0.520. The highest BCUT2D eigenvalue weighted by Gasteiger charge is 2.26. The zero-order valence-corrected chi connectivity index (χ0v) is 10.0. The van der Waals surface area contributed by atoms with Crippen LogP contribution in [-0.2, 0) is 14.3 Å². The molecule has 96 valence electrons. The lowest BCUT2D eigenvalue weighted by molar-refractivity contribution is -0.147. The Morgan fingerprint density at radius 2 is 2.18 bits per heavy atom. The molecule has 0 aliphatic heterocycles. The number of anilines is 1. The maximum Gasteiger partial charge on any atom is 0.315 e. The quantitative estimate of drug-likeness (QED) is 0.556. The molecule has 0 spiro atoms. The summed E-state index contributed by atoms with van der Waals surface area (Å²) in [5, 5.41) is 7.05. The number of hydrogen-bond donors (Lipinski definition) is 1. The van der Waals surface area contributed by atoms with Gasteiger partial charge in [-0.15, -0.1) is 0 Å². The van der Waals surface area contributed by atoms with Crippen molar-refractivity contribution in [2.45, 2.75) is 26.2 Å². The average Bonchev–Trinajstić information content (AvgIpc) is 2.72. The second kappa shape index (κ2) is 6.85. The molecule has 1 aromatic rings. The summed E-state index contributed by atoms with van der Waals surface area (Å²) in [6.45, 7) is 4.90. The van der Waals surface area contributed by atoms with Gasteiger partial charge in [0.05, 0.1) is 6.61 Å².